The number of ether oxygens (including phenoxy) is 2. The minimum atomic E-state index is -4.79. The van der Waals surface area contributed by atoms with E-state index in [1.807, 2.05) is 13.8 Å². The van der Waals surface area contributed by atoms with Crippen LogP contribution in [0.4, 0.5) is 36.3 Å². The summed E-state index contributed by atoms with van der Waals surface area (Å²) < 4.78 is 77.1. The van der Waals surface area contributed by atoms with Gasteiger partial charge in [-0.2, -0.15) is 18.2 Å². The highest BCUT2D eigenvalue weighted by Gasteiger charge is 2.37. The number of nitrogens with one attached hydrogen (secondary N) is 2. The lowest BCUT2D eigenvalue weighted by atomic mass is 10.1. The van der Waals surface area contributed by atoms with Gasteiger partial charge in [-0.25, -0.2) is 4.98 Å². The molecule has 0 unspecified atom stereocenters. The van der Waals surface area contributed by atoms with E-state index >= 15 is 0 Å². The summed E-state index contributed by atoms with van der Waals surface area (Å²) in [6.07, 6.45) is -4.31. The van der Waals surface area contributed by atoms with Crippen LogP contribution in [0.1, 0.15) is 54.7 Å². The van der Waals surface area contributed by atoms with Gasteiger partial charge in [-0.3, -0.25) is 9.36 Å². The van der Waals surface area contributed by atoms with E-state index in [-0.39, 0.29) is 55.1 Å². The van der Waals surface area contributed by atoms with Crippen LogP contribution in [0.5, 0.6) is 11.5 Å². The minimum absolute atomic E-state index is 0.00457. The van der Waals surface area contributed by atoms with Crippen molar-refractivity contribution in [3.8, 4) is 11.5 Å². The number of carbonyl (C=O) groups excluding carboxylic acids is 1. The number of hydrogen-bond acceptors (Lipinski definition) is 10. The summed E-state index contributed by atoms with van der Waals surface area (Å²) in [6, 6.07) is 7.98. The van der Waals surface area contributed by atoms with E-state index in [2.05, 4.69) is 20.6 Å². The Labute approximate surface area is 253 Å². The molecular weight excluding hydrogens is 602 g/mol. The van der Waals surface area contributed by atoms with E-state index in [1.165, 1.54) is 18.1 Å². The number of benzene rings is 2. The number of aromatic nitrogens is 2. The molecule has 0 saturated carbocycles. The number of hydrogen-bond donors (Lipinski definition) is 2. The molecule has 4 rings (SSSR count). The molecule has 44 heavy (non-hydrogen) atoms. The highest BCUT2D eigenvalue weighted by Crippen LogP contribution is 2.52. The molecule has 2 aromatic carbocycles. The molecule has 0 fully saturated rings. The normalized spacial score (nSPS) is 13.3. The fraction of sp³-hybridized carbons (Fsp3) is 0.414. The number of rotatable bonds is 13. The molecule has 0 spiro atoms. The van der Waals surface area contributed by atoms with Gasteiger partial charge in [-0.05, 0) is 57.5 Å². The Bertz CT molecular complexity index is 1560. The van der Waals surface area contributed by atoms with Crippen molar-refractivity contribution in [2.75, 3.05) is 38.0 Å². The summed E-state index contributed by atoms with van der Waals surface area (Å²) in [5, 5.41) is 5.61. The van der Waals surface area contributed by atoms with E-state index < -0.39 is 25.2 Å². The average Bonchev–Trinajstić information content (AvgIpc) is 3.24. The highest BCUT2D eigenvalue weighted by molar-refractivity contribution is 7.53. The van der Waals surface area contributed by atoms with Gasteiger partial charge in [0, 0.05) is 18.8 Å². The van der Waals surface area contributed by atoms with Gasteiger partial charge in [0.15, 0.2) is 0 Å². The van der Waals surface area contributed by atoms with Crippen LogP contribution in [0.3, 0.4) is 0 Å². The SMILES string of the molecule is CCOP(=O)(Cc1ccc(Nc2ncc(C(F)(F)F)c(Nc3ccc(OC(C)C)c4c3C(=O)N(C)C4)n2)c(OC)c1)OCC. The van der Waals surface area contributed by atoms with E-state index in [1.54, 1.807) is 45.2 Å². The molecule has 1 aliphatic rings. The molecule has 0 atom stereocenters. The second-order valence-corrected chi connectivity index (χ2v) is 12.2. The van der Waals surface area contributed by atoms with Crippen molar-refractivity contribution in [3.05, 3.63) is 58.8 Å². The number of carbonyl (C=O) groups is 1. The molecule has 11 nitrogen and oxygen atoms in total. The quantitative estimate of drug-likeness (QED) is 0.187. The summed E-state index contributed by atoms with van der Waals surface area (Å²) in [4.78, 5) is 22.5. The Morgan fingerprint density at radius 2 is 1.73 bits per heavy atom. The molecule has 15 heteroatoms. The van der Waals surface area contributed by atoms with E-state index in [0.717, 1.165) is 0 Å². The first-order chi connectivity index (χ1) is 20.8. The van der Waals surface area contributed by atoms with Gasteiger partial charge in [0.25, 0.3) is 5.91 Å². The van der Waals surface area contributed by atoms with E-state index in [0.29, 0.717) is 34.5 Å². The molecule has 0 radical (unpaired) electrons. The second-order valence-electron chi connectivity index (χ2n) is 10.1. The van der Waals surface area contributed by atoms with Crippen molar-refractivity contribution in [1.29, 1.82) is 0 Å². The first-order valence-electron chi connectivity index (χ1n) is 13.9. The van der Waals surface area contributed by atoms with Crippen LogP contribution in [-0.2, 0) is 32.5 Å². The standard InChI is InChI=1S/C29H35F3N5O6P/c1-7-41-44(39,42-8-2)16-18-9-10-21(24(13-18)40-6)35-28-33-14-20(29(30,31)32)26(36-28)34-22-11-12-23(43-17(3)4)19-15-37(5)27(38)25(19)22/h9-14,17H,7-8,15-16H2,1-6H3,(H2,33,34,35,36). The van der Waals surface area contributed by atoms with Crippen LogP contribution < -0.4 is 20.1 Å². The lowest BCUT2D eigenvalue weighted by molar-refractivity contribution is -0.137. The number of nitrogens with zero attached hydrogens (tertiary/aromatic N) is 3. The van der Waals surface area contributed by atoms with Crippen LogP contribution in [0.2, 0.25) is 0 Å². The zero-order valence-electron chi connectivity index (χ0n) is 25.2. The van der Waals surface area contributed by atoms with E-state index in [4.69, 9.17) is 18.5 Å². The molecule has 0 saturated heterocycles. The Morgan fingerprint density at radius 3 is 2.34 bits per heavy atom. The fourth-order valence-electron chi connectivity index (χ4n) is 4.67. The lowest BCUT2D eigenvalue weighted by Crippen LogP contribution is -2.18. The largest absolute Gasteiger partial charge is 0.495 e. The third kappa shape index (κ3) is 7.43. The molecular formula is C29H35F3N5O6P. The minimum Gasteiger partial charge on any atom is -0.495 e. The molecule has 3 aromatic rings. The summed E-state index contributed by atoms with van der Waals surface area (Å²) >= 11 is 0. The zero-order chi connectivity index (χ0) is 32.2. The average molecular weight is 638 g/mol. The van der Waals surface area contributed by atoms with Crippen molar-refractivity contribution in [2.45, 2.75) is 52.7 Å². The molecule has 1 amide bonds. The van der Waals surface area contributed by atoms with Crippen LogP contribution in [0, 0.1) is 0 Å². The monoisotopic (exact) mass is 637 g/mol. The first-order valence-corrected chi connectivity index (χ1v) is 15.6. The van der Waals surface area contributed by atoms with Crippen molar-refractivity contribution >= 4 is 36.6 Å². The Morgan fingerprint density at radius 1 is 1.05 bits per heavy atom. The van der Waals surface area contributed by atoms with Crippen molar-refractivity contribution in [2.24, 2.45) is 0 Å². The number of alkyl halides is 3. The fourth-order valence-corrected chi connectivity index (χ4v) is 6.36. The Balaban J connectivity index is 1.68. The Hall–Kier alpha value is -3.87. The maximum atomic E-state index is 14.0. The molecule has 2 heterocycles. The zero-order valence-corrected chi connectivity index (χ0v) is 26.1. The van der Waals surface area contributed by atoms with E-state index in [9.17, 15) is 22.5 Å². The number of anilines is 4. The Kier molecular flexibility index (Phi) is 10.1. The van der Waals surface area contributed by atoms with Gasteiger partial charge in [-0.1, -0.05) is 6.07 Å². The summed E-state index contributed by atoms with van der Waals surface area (Å²) in [6.45, 7) is 7.77. The molecule has 2 N–H and O–H groups in total. The van der Waals surface area contributed by atoms with Crippen molar-refractivity contribution in [3.63, 3.8) is 0 Å². The third-order valence-corrected chi connectivity index (χ3v) is 8.53. The number of fused-ring (bicyclic) bond motifs is 1. The van der Waals surface area contributed by atoms with Gasteiger partial charge in [0.1, 0.15) is 22.9 Å². The molecule has 0 bridgehead atoms. The summed E-state index contributed by atoms with van der Waals surface area (Å²) in [5.41, 5.74) is 0.749. The number of amides is 1. The first kappa shape index (κ1) is 33.0. The lowest BCUT2D eigenvalue weighted by Gasteiger charge is -2.19. The molecule has 1 aliphatic heterocycles. The maximum absolute atomic E-state index is 14.0. The summed E-state index contributed by atoms with van der Waals surface area (Å²) in [5.74, 6) is -0.301. The van der Waals surface area contributed by atoms with Gasteiger partial charge in [0.2, 0.25) is 5.95 Å². The van der Waals surface area contributed by atoms with Gasteiger partial charge >= 0.3 is 13.8 Å². The van der Waals surface area contributed by atoms with Crippen LogP contribution >= 0.6 is 7.60 Å². The predicted molar refractivity (Wildman–Crippen MR) is 159 cm³/mol. The van der Waals surface area contributed by atoms with Crippen LogP contribution in [0.25, 0.3) is 0 Å². The van der Waals surface area contributed by atoms with Gasteiger partial charge < -0.3 is 34.1 Å². The maximum Gasteiger partial charge on any atom is 0.421 e. The topological polar surface area (TPSA) is 124 Å². The predicted octanol–water partition coefficient (Wildman–Crippen LogP) is 7.13. The third-order valence-electron chi connectivity index (χ3n) is 6.48. The number of halogens is 3. The molecule has 238 valence electrons. The molecule has 0 aliphatic carbocycles. The van der Waals surface area contributed by atoms with Crippen molar-refractivity contribution in [1.82, 2.24) is 14.9 Å². The van der Waals surface area contributed by atoms with Gasteiger partial charge in [-0.15, -0.1) is 0 Å². The number of methoxy groups -OCH3 is 1. The van der Waals surface area contributed by atoms with Crippen LogP contribution in [-0.4, -0.2) is 54.3 Å². The smallest absolute Gasteiger partial charge is 0.421 e. The van der Waals surface area contributed by atoms with Gasteiger partial charge in [0.05, 0.1) is 56.1 Å². The second kappa shape index (κ2) is 13.4. The van der Waals surface area contributed by atoms with Crippen molar-refractivity contribution < 1.29 is 41.1 Å². The highest BCUT2D eigenvalue weighted by atomic mass is 31.2. The van der Waals surface area contributed by atoms with Crippen LogP contribution in [0.15, 0.2) is 36.5 Å². The summed E-state index contributed by atoms with van der Waals surface area (Å²) in [7, 11) is -0.375. The molecule has 1 aromatic heterocycles.